The number of aliphatic hydroxyl groups is 4. The molecule has 0 heterocycles. The van der Waals surface area contributed by atoms with Crippen molar-refractivity contribution in [2.75, 3.05) is 19.0 Å². The minimum absolute atomic E-state index is 0.115. The molecular formula is C28H46O5S. The van der Waals surface area contributed by atoms with E-state index in [0.717, 1.165) is 37.0 Å². The van der Waals surface area contributed by atoms with Crippen molar-refractivity contribution in [3.05, 3.63) is 34.9 Å². The summed E-state index contributed by atoms with van der Waals surface area (Å²) in [5.74, 6) is 1.29. The maximum atomic E-state index is 10.7. The van der Waals surface area contributed by atoms with Crippen LogP contribution in [0, 0.1) is 11.3 Å². The zero-order valence-electron chi connectivity index (χ0n) is 21.5. The van der Waals surface area contributed by atoms with E-state index in [-0.39, 0.29) is 18.6 Å². The molecule has 2 saturated carbocycles. The monoisotopic (exact) mass is 494 g/mol. The Morgan fingerprint density at radius 2 is 1.88 bits per heavy atom. The van der Waals surface area contributed by atoms with E-state index in [4.69, 9.17) is 9.84 Å². The second-order valence-corrected chi connectivity index (χ2v) is 12.1. The Morgan fingerprint density at radius 1 is 1.21 bits per heavy atom. The highest BCUT2D eigenvalue weighted by molar-refractivity contribution is 8.00. The van der Waals surface area contributed by atoms with Crippen molar-refractivity contribution in [3.63, 3.8) is 0 Å². The summed E-state index contributed by atoms with van der Waals surface area (Å²) in [6.45, 7) is 8.88. The molecule has 0 aromatic heterocycles. The summed E-state index contributed by atoms with van der Waals surface area (Å²) in [5, 5.41) is 41.0. The molecule has 0 radical (unpaired) electrons. The molecule has 0 spiro atoms. The predicted octanol–water partition coefficient (Wildman–Crippen LogP) is 4.54. The maximum Gasteiger partial charge on any atom is 0.110 e. The maximum absolute atomic E-state index is 10.7. The largest absolute Gasteiger partial charge is 0.394 e. The highest BCUT2D eigenvalue weighted by Gasteiger charge is 2.46. The van der Waals surface area contributed by atoms with Gasteiger partial charge in [0.1, 0.15) is 6.10 Å². The van der Waals surface area contributed by atoms with Crippen LogP contribution >= 0.6 is 11.8 Å². The van der Waals surface area contributed by atoms with Crippen LogP contribution in [0.2, 0.25) is 0 Å². The molecule has 0 saturated heterocycles. The average molecular weight is 495 g/mol. The van der Waals surface area contributed by atoms with Crippen LogP contribution in [0.15, 0.2) is 34.9 Å². The molecule has 0 amide bonds. The van der Waals surface area contributed by atoms with Gasteiger partial charge in [-0.3, -0.25) is 0 Å². The number of hydrogen-bond donors (Lipinski definition) is 4. The van der Waals surface area contributed by atoms with Crippen molar-refractivity contribution in [3.8, 4) is 0 Å². The summed E-state index contributed by atoms with van der Waals surface area (Å²) in [4.78, 5) is 0. The smallest absolute Gasteiger partial charge is 0.110 e. The van der Waals surface area contributed by atoms with Crippen molar-refractivity contribution in [2.45, 2.75) is 108 Å². The Labute approximate surface area is 210 Å². The van der Waals surface area contributed by atoms with Gasteiger partial charge in [0.05, 0.1) is 31.0 Å². The lowest BCUT2D eigenvalue weighted by Gasteiger charge is -2.42. The standard InChI is InChI=1S/C28H46O5S/c1-5-28(32,6-2)18-34-19(3)22-11-12-23-21(8-7-13-27(22,23)4)10-9-20-16-24(30)26(25(31)17-20)33-15-14-29/h9-11,19,23-26,29-32H,5-8,12-18H2,1-4H3/b20-9?,21-10-/t19-,23+,24-,25-,26?,27-/m1/s1. The van der Waals surface area contributed by atoms with Gasteiger partial charge in [0.25, 0.3) is 0 Å². The lowest BCUT2D eigenvalue weighted by Crippen LogP contribution is -2.44. The summed E-state index contributed by atoms with van der Waals surface area (Å²) < 4.78 is 5.44. The molecule has 3 aliphatic carbocycles. The van der Waals surface area contributed by atoms with E-state index in [1.165, 1.54) is 18.4 Å². The van der Waals surface area contributed by atoms with Crippen LogP contribution < -0.4 is 0 Å². The second-order valence-electron chi connectivity index (χ2n) is 10.8. The lowest BCUT2D eigenvalue weighted by molar-refractivity contribution is -0.115. The van der Waals surface area contributed by atoms with Gasteiger partial charge in [0.2, 0.25) is 0 Å². The molecule has 5 atom stereocenters. The first-order valence-electron chi connectivity index (χ1n) is 13.2. The van der Waals surface area contributed by atoms with Gasteiger partial charge in [-0.05, 0) is 69.6 Å². The van der Waals surface area contributed by atoms with E-state index < -0.39 is 23.9 Å². The highest BCUT2D eigenvalue weighted by Crippen LogP contribution is 2.57. The van der Waals surface area contributed by atoms with Crippen LogP contribution in [0.1, 0.15) is 79.1 Å². The van der Waals surface area contributed by atoms with Crippen molar-refractivity contribution >= 4 is 11.8 Å². The number of allylic oxidation sites excluding steroid dienone is 4. The fraction of sp³-hybridized carbons (Fsp3) is 0.786. The van der Waals surface area contributed by atoms with E-state index in [0.29, 0.717) is 24.0 Å². The molecule has 2 fully saturated rings. The van der Waals surface area contributed by atoms with E-state index in [2.05, 4.69) is 45.9 Å². The molecule has 6 heteroatoms. The SMILES string of the molecule is CCC(O)(CC)CS[C@H](C)C1=CC[C@H]2/C(=C\C=C3C[C@@H](O)C(OCCO)[C@H](O)C3)CCC[C@]12C. The molecule has 34 heavy (non-hydrogen) atoms. The van der Waals surface area contributed by atoms with E-state index in [1.807, 2.05) is 11.8 Å². The average Bonchev–Trinajstić information content (AvgIpc) is 3.18. The Bertz CT molecular complexity index is 757. The van der Waals surface area contributed by atoms with Gasteiger partial charge < -0.3 is 25.2 Å². The Morgan fingerprint density at radius 3 is 2.50 bits per heavy atom. The zero-order valence-corrected chi connectivity index (χ0v) is 22.3. The zero-order chi connectivity index (χ0) is 24.9. The number of hydrogen-bond acceptors (Lipinski definition) is 6. The molecule has 194 valence electrons. The van der Waals surface area contributed by atoms with Crippen LogP contribution in [-0.4, -0.2) is 68.6 Å². The molecule has 0 aromatic carbocycles. The molecular weight excluding hydrogens is 448 g/mol. The van der Waals surface area contributed by atoms with Crippen LogP contribution in [0.5, 0.6) is 0 Å². The van der Waals surface area contributed by atoms with Gasteiger partial charge in [-0.25, -0.2) is 0 Å². The summed E-state index contributed by atoms with van der Waals surface area (Å²) in [6.07, 6.45) is 11.8. The molecule has 5 nitrogen and oxygen atoms in total. The Balaban J connectivity index is 1.67. The second kappa shape index (κ2) is 12.1. The third-order valence-electron chi connectivity index (χ3n) is 8.60. The molecule has 0 unspecified atom stereocenters. The van der Waals surface area contributed by atoms with Crippen LogP contribution in [0.25, 0.3) is 0 Å². The first-order chi connectivity index (χ1) is 16.2. The third-order valence-corrected chi connectivity index (χ3v) is 10.1. The molecule has 3 rings (SSSR count). The van der Waals surface area contributed by atoms with E-state index >= 15 is 0 Å². The predicted molar refractivity (Wildman–Crippen MR) is 140 cm³/mol. The van der Waals surface area contributed by atoms with Crippen molar-refractivity contribution in [1.29, 1.82) is 0 Å². The molecule has 4 N–H and O–H groups in total. The van der Waals surface area contributed by atoms with Crippen LogP contribution in [0.4, 0.5) is 0 Å². The van der Waals surface area contributed by atoms with Crippen molar-refractivity contribution in [1.82, 2.24) is 0 Å². The minimum atomic E-state index is -0.751. The topological polar surface area (TPSA) is 90.2 Å². The summed E-state index contributed by atoms with van der Waals surface area (Å²) >= 11 is 1.89. The van der Waals surface area contributed by atoms with E-state index in [1.54, 1.807) is 5.57 Å². The van der Waals surface area contributed by atoms with Gasteiger partial charge in [-0.15, -0.1) is 0 Å². The van der Waals surface area contributed by atoms with Gasteiger partial charge >= 0.3 is 0 Å². The minimum Gasteiger partial charge on any atom is -0.394 e. The van der Waals surface area contributed by atoms with Crippen molar-refractivity contribution < 1.29 is 25.2 Å². The molecule has 0 aromatic rings. The van der Waals surface area contributed by atoms with Gasteiger partial charge in [0.15, 0.2) is 0 Å². The quantitative estimate of drug-likeness (QED) is 0.333. The third kappa shape index (κ3) is 6.19. The number of rotatable bonds is 10. The summed E-state index contributed by atoms with van der Waals surface area (Å²) in [7, 11) is 0. The van der Waals surface area contributed by atoms with Crippen LogP contribution in [-0.2, 0) is 4.74 Å². The van der Waals surface area contributed by atoms with Crippen LogP contribution in [0.3, 0.4) is 0 Å². The van der Waals surface area contributed by atoms with E-state index in [9.17, 15) is 15.3 Å². The molecule has 0 bridgehead atoms. The Hall–Kier alpha value is -0.630. The fourth-order valence-electron chi connectivity index (χ4n) is 6.19. The highest BCUT2D eigenvalue weighted by atomic mass is 32.2. The molecule has 3 aliphatic rings. The Kier molecular flexibility index (Phi) is 9.92. The number of aliphatic hydroxyl groups excluding tert-OH is 3. The lowest BCUT2D eigenvalue weighted by atomic mass is 9.64. The summed E-state index contributed by atoms with van der Waals surface area (Å²) in [6, 6.07) is 0. The first-order valence-corrected chi connectivity index (χ1v) is 14.2. The van der Waals surface area contributed by atoms with Crippen molar-refractivity contribution in [2.24, 2.45) is 11.3 Å². The van der Waals surface area contributed by atoms with Gasteiger partial charge in [0, 0.05) is 11.0 Å². The van der Waals surface area contributed by atoms with Gasteiger partial charge in [-0.2, -0.15) is 11.8 Å². The fourth-order valence-corrected chi connectivity index (χ4v) is 7.70. The number of fused-ring (bicyclic) bond motifs is 1. The molecule has 0 aliphatic heterocycles. The summed E-state index contributed by atoms with van der Waals surface area (Å²) in [5.41, 5.74) is 3.67. The number of thioether (sulfide) groups is 1. The first kappa shape index (κ1) is 27.9. The normalized spacial score (nSPS) is 34.2. The number of ether oxygens (including phenoxy) is 1. The van der Waals surface area contributed by atoms with Gasteiger partial charge in [-0.1, -0.05) is 55.7 Å².